The summed E-state index contributed by atoms with van der Waals surface area (Å²) in [6, 6.07) is 21.5. The van der Waals surface area contributed by atoms with Gasteiger partial charge in [-0.15, -0.1) is 0 Å². The van der Waals surface area contributed by atoms with Crippen LogP contribution in [-0.4, -0.2) is 13.7 Å². The zero-order valence-electron chi connectivity index (χ0n) is 20.4. The van der Waals surface area contributed by atoms with Gasteiger partial charge in [0.1, 0.15) is 5.75 Å². The van der Waals surface area contributed by atoms with E-state index in [0.29, 0.717) is 27.4 Å². The molecule has 3 aromatic carbocycles. The topological polar surface area (TPSA) is 58.2 Å². The van der Waals surface area contributed by atoms with Crippen molar-refractivity contribution in [2.45, 2.75) is 20.0 Å². The molecule has 1 aliphatic heterocycles. The van der Waals surface area contributed by atoms with Crippen molar-refractivity contribution in [3.63, 3.8) is 0 Å². The first-order valence-electron chi connectivity index (χ1n) is 11.7. The SMILES string of the molecule is Cc1ccc2c(c1)-n1c(-c3ccccc3C)c3c(=O)n(C)c(=O)n(C)c3c1[C@H](c1ccccc1Cl)O2. The van der Waals surface area contributed by atoms with E-state index in [2.05, 4.69) is 4.57 Å². The Morgan fingerprint density at radius 2 is 1.61 bits per heavy atom. The summed E-state index contributed by atoms with van der Waals surface area (Å²) in [5, 5.41) is 1.02. The Labute approximate surface area is 212 Å². The van der Waals surface area contributed by atoms with Crippen molar-refractivity contribution >= 4 is 22.5 Å². The largest absolute Gasteiger partial charge is 0.477 e. The summed E-state index contributed by atoms with van der Waals surface area (Å²) in [5.74, 6) is 0.676. The highest BCUT2D eigenvalue weighted by molar-refractivity contribution is 6.31. The zero-order chi connectivity index (χ0) is 25.3. The lowest BCUT2D eigenvalue weighted by Gasteiger charge is -2.31. The number of nitrogens with zero attached hydrogens (tertiary/aromatic N) is 3. The van der Waals surface area contributed by atoms with Crippen LogP contribution in [0.1, 0.15) is 28.5 Å². The molecular weight excluding hydrogens is 474 g/mol. The van der Waals surface area contributed by atoms with Crippen LogP contribution < -0.4 is 16.0 Å². The van der Waals surface area contributed by atoms with Gasteiger partial charge in [-0.05, 0) is 43.2 Å². The third kappa shape index (κ3) is 3.04. The van der Waals surface area contributed by atoms with Crippen LogP contribution in [0.2, 0.25) is 5.02 Å². The third-order valence-corrected chi connectivity index (χ3v) is 7.39. The molecule has 6 nitrogen and oxygen atoms in total. The normalized spacial score (nSPS) is 14.4. The molecule has 1 atom stereocenters. The second kappa shape index (κ2) is 8.00. The summed E-state index contributed by atoms with van der Waals surface area (Å²) < 4.78 is 11.4. The Bertz CT molecular complexity index is 1830. The van der Waals surface area contributed by atoms with Gasteiger partial charge in [-0.25, -0.2) is 4.79 Å². The molecule has 180 valence electrons. The van der Waals surface area contributed by atoms with E-state index < -0.39 is 11.8 Å². The smallest absolute Gasteiger partial charge is 0.331 e. The summed E-state index contributed by atoms with van der Waals surface area (Å²) in [6.45, 7) is 4.04. The van der Waals surface area contributed by atoms with Crippen molar-refractivity contribution in [1.29, 1.82) is 0 Å². The second-order valence-corrected chi connectivity index (χ2v) is 9.71. The van der Waals surface area contributed by atoms with Gasteiger partial charge in [0.05, 0.1) is 28.0 Å². The first kappa shape index (κ1) is 22.4. The van der Waals surface area contributed by atoms with Crippen LogP contribution in [0, 0.1) is 13.8 Å². The minimum absolute atomic E-state index is 0.347. The highest BCUT2D eigenvalue weighted by atomic mass is 35.5. The average Bonchev–Trinajstić information content (AvgIpc) is 3.23. The molecule has 36 heavy (non-hydrogen) atoms. The molecule has 0 saturated carbocycles. The third-order valence-electron chi connectivity index (χ3n) is 7.04. The molecule has 0 spiro atoms. The molecule has 7 heteroatoms. The molecular formula is C29H24ClN3O3. The van der Waals surface area contributed by atoms with Crippen LogP contribution in [0.5, 0.6) is 5.75 Å². The van der Waals surface area contributed by atoms with Crippen LogP contribution in [0.15, 0.2) is 76.3 Å². The van der Waals surface area contributed by atoms with Crippen LogP contribution >= 0.6 is 11.6 Å². The van der Waals surface area contributed by atoms with Gasteiger partial charge >= 0.3 is 5.69 Å². The lowest BCUT2D eigenvalue weighted by molar-refractivity contribution is 0.229. The van der Waals surface area contributed by atoms with E-state index in [1.165, 1.54) is 11.6 Å². The van der Waals surface area contributed by atoms with Gasteiger partial charge in [-0.1, -0.05) is 60.1 Å². The summed E-state index contributed by atoms with van der Waals surface area (Å²) >= 11 is 6.68. The van der Waals surface area contributed by atoms with E-state index >= 15 is 0 Å². The van der Waals surface area contributed by atoms with E-state index in [4.69, 9.17) is 16.3 Å². The molecule has 5 aromatic rings. The van der Waals surface area contributed by atoms with Crippen LogP contribution in [0.25, 0.3) is 27.8 Å². The number of hydrogen-bond donors (Lipinski definition) is 0. The minimum Gasteiger partial charge on any atom is -0.477 e. The van der Waals surface area contributed by atoms with E-state index in [9.17, 15) is 9.59 Å². The van der Waals surface area contributed by atoms with Gasteiger partial charge in [0.15, 0.2) is 6.10 Å². The van der Waals surface area contributed by atoms with E-state index in [1.54, 1.807) is 11.6 Å². The number of aromatic nitrogens is 3. The monoisotopic (exact) mass is 497 g/mol. The first-order chi connectivity index (χ1) is 17.3. The lowest BCUT2D eigenvalue weighted by atomic mass is 10.0. The molecule has 3 heterocycles. The summed E-state index contributed by atoms with van der Waals surface area (Å²) in [5.41, 5.74) is 5.79. The molecule has 0 saturated heterocycles. The maximum atomic E-state index is 13.8. The molecule has 2 aromatic heterocycles. The molecule has 0 unspecified atom stereocenters. The fourth-order valence-electron chi connectivity index (χ4n) is 5.26. The zero-order valence-corrected chi connectivity index (χ0v) is 21.1. The molecule has 0 bridgehead atoms. The molecule has 0 N–H and O–H groups in total. The van der Waals surface area contributed by atoms with E-state index in [-0.39, 0.29) is 5.56 Å². The summed E-state index contributed by atoms with van der Waals surface area (Å²) in [6.07, 6.45) is -0.633. The van der Waals surface area contributed by atoms with Gasteiger partial charge in [0.25, 0.3) is 5.56 Å². The van der Waals surface area contributed by atoms with E-state index in [1.807, 2.05) is 80.6 Å². The number of fused-ring (bicyclic) bond motifs is 5. The van der Waals surface area contributed by atoms with Crippen molar-refractivity contribution in [2.24, 2.45) is 14.1 Å². The number of halogens is 1. The van der Waals surface area contributed by atoms with Crippen molar-refractivity contribution in [3.05, 3.63) is 115 Å². The fourth-order valence-corrected chi connectivity index (χ4v) is 5.50. The van der Waals surface area contributed by atoms with Gasteiger partial charge < -0.3 is 9.30 Å². The molecule has 0 aliphatic carbocycles. The fraction of sp³-hybridized carbons (Fsp3) is 0.172. The number of benzene rings is 3. The van der Waals surface area contributed by atoms with Crippen molar-refractivity contribution < 1.29 is 4.74 Å². The lowest BCUT2D eigenvalue weighted by Crippen LogP contribution is -2.37. The van der Waals surface area contributed by atoms with Crippen molar-refractivity contribution in [2.75, 3.05) is 0 Å². The van der Waals surface area contributed by atoms with E-state index in [0.717, 1.165) is 33.6 Å². The van der Waals surface area contributed by atoms with Crippen molar-refractivity contribution in [3.8, 4) is 22.7 Å². The maximum Gasteiger partial charge on any atom is 0.331 e. The Hall–Kier alpha value is -4.03. The van der Waals surface area contributed by atoms with Gasteiger partial charge in [-0.3, -0.25) is 13.9 Å². The molecule has 6 rings (SSSR count). The minimum atomic E-state index is -0.633. The number of hydrogen-bond acceptors (Lipinski definition) is 3. The summed E-state index contributed by atoms with van der Waals surface area (Å²) in [4.78, 5) is 26.9. The van der Waals surface area contributed by atoms with Crippen LogP contribution in [-0.2, 0) is 14.1 Å². The number of aryl methyl sites for hydroxylation is 3. The van der Waals surface area contributed by atoms with Gasteiger partial charge in [0, 0.05) is 30.2 Å². The number of rotatable bonds is 2. The van der Waals surface area contributed by atoms with Gasteiger partial charge in [0.2, 0.25) is 0 Å². The molecule has 1 aliphatic rings. The molecule has 0 radical (unpaired) electrons. The highest BCUT2D eigenvalue weighted by Gasteiger charge is 2.37. The summed E-state index contributed by atoms with van der Waals surface area (Å²) in [7, 11) is 3.21. The molecule has 0 fully saturated rings. The first-order valence-corrected chi connectivity index (χ1v) is 12.1. The molecule has 0 amide bonds. The number of ether oxygens (including phenoxy) is 1. The van der Waals surface area contributed by atoms with Crippen LogP contribution in [0.4, 0.5) is 0 Å². The van der Waals surface area contributed by atoms with Crippen LogP contribution in [0.3, 0.4) is 0 Å². The quantitative estimate of drug-likeness (QED) is 0.326. The predicted octanol–water partition coefficient (Wildman–Crippen LogP) is 5.45. The highest BCUT2D eigenvalue weighted by Crippen LogP contribution is 2.48. The standard InChI is InChI=1S/C29H24ClN3O3/c1-16-13-14-22-21(15-16)33-24(18-10-6-5-9-17(18)2)23-25(31(3)29(35)32(4)28(23)34)26(33)27(36-22)19-11-7-8-12-20(19)30/h5-15,27H,1-4H3/t27-/m0/s1. The Balaban J connectivity index is 1.91. The van der Waals surface area contributed by atoms with Gasteiger partial charge in [-0.2, -0.15) is 0 Å². The average molecular weight is 498 g/mol. The Kier molecular flexibility index (Phi) is 4.99. The Morgan fingerprint density at radius 3 is 2.36 bits per heavy atom. The maximum absolute atomic E-state index is 13.8. The second-order valence-electron chi connectivity index (χ2n) is 9.30. The van der Waals surface area contributed by atoms with Crippen molar-refractivity contribution in [1.82, 2.24) is 13.7 Å². The predicted molar refractivity (Wildman–Crippen MR) is 143 cm³/mol. The Morgan fingerprint density at radius 1 is 0.889 bits per heavy atom.